The highest BCUT2D eigenvalue weighted by molar-refractivity contribution is 9.10. The molecular weight excluding hydrogens is 263 g/mol. The van der Waals surface area contributed by atoms with Crippen LogP contribution in [-0.2, 0) is 0 Å². The quantitative estimate of drug-likeness (QED) is 0.831. The summed E-state index contributed by atoms with van der Waals surface area (Å²) in [5.41, 5.74) is 1.09. The smallest absolute Gasteiger partial charge is 0.0590 e. The van der Waals surface area contributed by atoms with E-state index < -0.39 is 0 Å². The summed E-state index contributed by atoms with van der Waals surface area (Å²) in [6.45, 7) is 2.15. The third kappa shape index (κ3) is 3.84. The molecule has 0 aliphatic heterocycles. The molecule has 0 aromatic carbocycles. The van der Waals surface area contributed by atoms with E-state index in [9.17, 15) is 0 Å². The van der Waals surface area contributed by atoms with Crippen molar-refractivity contribution in [2.24, 2.45) is 0 Å². The summed E-state index contributed by atoms with van der Waals surface area (Å²) in [7, 11) is 0. The van der Waals surface area contributed by atoms with Crippen molar-refractivity contribution in [2.75, 3.05) is 11.2 Å². The number of rotatable bonds is 5. The maximum atomic E-state index is 5.63. The Balaban J connectivity index is 2.47. The molecule has 2 nitrogen and oxygen atoms in total. The molecule has 0 fully saturated rings. The Morgan fingerprint density at radius 1 is 1.64 bits per heavy atom. The zero-order valence-corrected chi connectivity index (χ0v) is 10.5. The van der Waals surface area contributed by atoms with Gasteiger partial charge in [0.2, 0.25) is 0 Å². The number of nitrogens with one attached hydrogen (secondary N) is 1. The van der Waals surface area contributed by atoms with Gasteiger partial charge in [0, 0.05) is 24.3 Å². The van der Waals surface area contributed by atoms with Crippen LogP contribution in [0.1, 0.15) is 19.8 Å². The van der Waals surface area contributed by atoms with E-state index in [2.05, 4.69) is 33.2 Å². The summed E-state index contributed by atoms with van der Waals surface area (Å²) in [6, 6.07) is 2.40. The number of anilines is 1. The Labute approximate surface area is 98.2 Å². The Bertz CT molecular complexity index is 281. The summed E-state index contributed by atoms with van der Waals surface area (Å²) in [5, 5.41) is 3.40. The number of hydrogen-bond donors (Lipinski definition) is 1. The van der Waals surface area contributed by atoms with Crippen LogP contribution in [0, 0.1) is 0 Å². The fourth-order valence-corrected chi connectivity index (χ4v) is 1.73. The molecule has 1 heterocycles. The van der Waals surface area contributed by atoms with Crippen molar-refractivity contribution in [1.29, 1.82) is 0 Å². The molecule has 78 valence electrons. The highest BCUT2D eigenvalue weighted by Gasteiger charge is 2.03. The zero-order valence-electron chi connectivity index (χ0n) is 8.13. The first kappa shape index (κ1) is 11.8. The Morgan fingerprint density at radius 2 is 2.43 bits per heavy atom. The van der Waals surface area contributed by atoms with Crippen molar-refractivity contribution >= 4 is 33.2 Å². The molecule has 1 aromatic rings. The van der Waals surface area contributed by atoms with E-state index in [1.54, 1.807) is 12.4 Å². The molecule has 1 unspecified atom stereocenters. The number of hydrogen-bond acceptors (Lipinski definition) is 2. The van der Waals surface area contributed by atoms with Crippen LogP contribution in [0.2, 0.25) is 0 Å². The van der Waals surface area contributed by atoms with Crippen molar-refractivity contribution < 1.29 is 0 Å². The highest BCUT2D eigenvalue weighted by Crippen LogP contribution is 2.21. The van der Waals surface area contributed by atoms with E-state index in [1.807, 2.05) is 6.07 Å². The van der Waals surface area contributed by atoms with Gasteiger partial charge in [0.1, 0.15) is 0 Å². The topological polar surface area (TPSA) is 24.9 Å². The molecule has 1 aromatic heterocycles. The minimum atomic E-state index is 0.437. The zero-order chi connectivity index (χ0) is 10.4. The van der Waals surface area contributed by atoms with Crippen LogP contribution < -0.4 is 5.32 Å². The molecule has 1 atom stereocenters. The largest absolute Gasteiger partial charge is 0.382 e. The fraction of sp³-hybridized carbons (Fsp3) is 0.500. The van der Waals surface area contributed by atoms with Crippen molar-refractivity contribution in [2.45, 2.75) is 25.8 Å². The van der Waals surface area contributed by atoms with Crippen LogP contribution in [0.25, 0.3) is 0 Å². The molecule has 0 aliphatic carbocycles. The lowest BCUT2D eigenvalue weighted by molar-refractivity contribution is 0.693. The van der Waals surface area contributed by atoms with Gasteiger partial charge in [0.05, 0.1) is 10.2 Å². The van der Waals surface area contributed by atoms with Gasteiger partial charge in [-0.25, -0.2) is 0 Å². The average Bonchev–Trinajstić information content (AvgIpc) is 2.18. The third-order valence-electron chi connectivity index (χ3n) is 1.95. The van der Waals surface area contributed by atoms with Crippen molar-refractivity contribution in [1.82, 2.24) is 4.98 Å². The minimum Gasteiger partial charge on any atom is -0.382 e. The van der Waals surface area contributed by atoms with Gasteiger partial charge in [-0.2, -0.15) is 0 Å². The third-order valence-corrected chi connectivity index (χ3v) is 2.84. The second-order valence-corrected chi connectivity index (χ2v) is 4.46. The van der Waals surface area contributed by atoms with Crippen LogP contribution >= 0.6 is 27.5 Å². The molecule has 0 aliphatic rings. The van der Waals surface area contributed by atoms with Crippen LogP contribution in [-0.4, -0.2) is 16.9 Å². The lowest BCUT2D eigenvalue weighted by Crippen LogP contribution is -2.15. The van der Waals surface area contributed by atoms with Gasteiger partial charge in [-0.05, 0) is 41.8 Å². The molecule has 4 heteroatoms. The standard InChI is InChI=1S/C10H14BrClN2/c1-8(3-2-5-12)14-10-4-6-13-7-9(10)11/h4,6-8H,2-3,5H2,1H3,(H,13,14). The van der Waals surface area contributed by atoms with Crippen molar-refractivity contribution in [3.05, 3.63) is 22.9 Å². The monoisotopic (exact) mass is 276 g/mol. The van der Waals surface area contributed by atoms with Crippen LogP contribution in [0.3, 0.4) is 0 Å². The number of nitrogens with zero attached hydrogens (tertiary/aromatic N) is 1. The van der Waals surface area contributed by atoms with E-state index >= 15 is 0 Å². The van der Waals surface area contributed by atoms with Gasteiger partial charge in [0.15, 0.2) is 0 Å². The van der Waals surface area contributed by atoms with Crippen LogP contribution in [0.15, 0.2) is 22.9 Å². The summed E-state index contributed by atoms with van der Waals surface area (Å²) in [5.74, 6) is 0.726. The fourth-order valence-electron chi connectivity index (χ4n) is 1.21. The van der Waals surface area contributed by atoms with Crippen LogP contribution in [0.4, 0.5) is 5.69 Å². The lowest BCUT2D eigenvalue weighted by atomic mass is 10.2. The molecule has 0 radical (unpaired) electrons. The van der Waals surface area contributed by atoms with Gasteiger partial charge in [-0.3, -0.25) is 4.98 Å². The van der Waals surface area contributed by atoms with E-state index in [-0.39, 0.29) is 0 Å². The van der Waals surface area contributed by atoms with Crippen LogP contribution in [0.5, 0.6) is 0 Å². The number of alkyl halides is 1. The van der Waals surface area contributed by atoms with Gasteiger partial charge < -0.3 is 5.32 Å². The minimum absolute atomic E-state index is 0.437. The molecule has 0 saturated heterocycles. The normalized spacial score (nSPS) is 12.5. The Kier molecular flexibility index (Phi) is 5.26. The summed E-state index contributed by atoms with van der Waals surface area (Å²) in [6.07, 6.45) is 5.69. The van der Waals surface area contributed by atoms with E-state index in [0.717, 1.165) is 28.9 Å². The Hall–Kier alpha value is -0.280. The first-order chi connectivity index (χ1) is 6.74. The van der Waals surface area contributed by atoms with E-state index in [1.165, 1.54) is 0 Å². The highest BCUT2D eigenvalue weighted by atomic mass is 79.9. The van der Waals surface area contributed by atoms with E-state index in [0.29, 0.717) is 6.04 Å². The first-order valence-electron chi connectivity index (χ1n) is 4.66. The van der Waals surface area contributed by atoms with Gasteiger partial charge >= 0.3 is 0 Å². The average molecular weight is 278 g/mol. The second-order valence-electron chi connectivity index (χ2n) is 3.23. The molecule has 0 amide bonds. The molecule has 1 rings (SSSR count). The number of pyridine rings is 1. The number of aromatic nitrogens is 1. The first-order valence-corrected chi connectivity index (χ1v) is 5.99. The Morgan fingerprint density at radius 3 is 3.07 bits per heavy atom. The van der Waals surface area contributed by atoms with Crippen molar-refractivity contribution in [3.63, 3.8) is 0 Å². The van der Waals surface area contributed by atoms with Gasteiger partial charge in [-0.15, -0.1) is 11.6 Å². The summed E-state index contributed by atoms with van der Waals surface area (Å²) < 4.78 is 0.998. The van der Waals surface area contributed by atoms with Gasteiger partial charge in [-0.1, -0.05) is 0 Å². The molecule has 0 bridgehead atoms. The predicted molar refractivity (Wildman–Crippen MR) is 65.0 cm³/mol. The maximum absolute atomic E-state index is 5.63. The summed E-state index contributed by atoms with van der Waals surface area (Å²) >= 11 is 9.07. The van der Waals surface area contributed by atoms with E-state index in [4.69, 9.17) is 11.6 Å². The maximum Gasteiger partial charge on any atom is 0.0590 e. The molecule has 0 saturated carbocycles. The molecular formula is C10H14BrClN2. The SMILES string of the molecule is CC(CCCCl)Nc1ccncc1Br. The lowest BCUT2D eigenvalue weighted by Gasteiger charge is -2.15. The van der Waals surface area contributed by atoms with Gasteiger partial charge in [0.25, 0.3) is 0 Å². The van der Waals surface area contributed by atoms with Crippen molar-refractivity contribution in [3.8, 4) is 0 Å². The molecule has 14 heavy (non-hydrogen) atoms. The number of halogens is 2. The molecule has 0 spiro atoms. The predicted octanol–water partition coefficient (Wildman–Crippen LogP) is 3.66. The second kappa shape index (κ2) is 6.25. The molecule has 1 N–H and O–H groups in total. The summed E-state index contributed by atoms with van der Waals surface area (Å²) in [4.78, 5) is 4.01.